The van der Waals surface area contributed by atoms with Gasteiger partial charge in [0.1, 0.15) is 18.4 Å². The summed E-state index contributed by atoms with van der Waals surface area (Å²) in [6, 6.07) is 16.4. The summed E-state index contributed by atoms with van der Waals surface area (Å²) in [6.45, 7) is 4.32. The van der Waals surface area contributed by atoms with Crippen molar-refractivity contribution in [3.8, 4) is 5.75 Å². The zero-order valence-corrected chi connectivity index (χ0v) is 15.6. The molecule has 2 aromatic carbocycles. The van der Waals surface area contributed by atoms with Gasteiger partial charge in [-0.25, -0.2) is 4.79 Å². The second-order valence-electron chi connectivity index (χ2n) is 6.71. The van der Waals surface area contributed by atoms with Crippen molar-refractivity contribution >= 4 is 18.0 Å². The molecule has 0 aliphatic heterocycles. The number of benzene rings is 2. The van der Waals surface area contributed by atoms with Gasteiger partial charge in [0.2, 0.25) is 5.91 Å². The van der Waals surface area contributed by atoms with Gasteiger partial charge in [-0.05, 0) is 41.7 Å². The summed E-state index contributed by atoms with van der Waals surface area (Å²) in [5.74, 6) is -0.528. The van der Waals surface area contributed by atoms with Crippen molar-refractivity contribution < 1.29 is 19.4 Å². The summed E-state index contributed by atoms with van der Waals surface area (Å²) in [5, 5.41) is 11.7. The predicted molar refractivity (Wildman–Crippen MR) is 105 cm³/mol. The van der Waals surface area contributed by atoms with Crippen molar-refractivity contribution in [2.24, 2.45) is 5.92 Å². The Morgan fingerprint density at radius 1 is 1.07 bits per heavy atom. The van der Waals surface area contributed by atoms with Gasteiger partial charge < -0.3 is 15.2 Å². The molecule has 0 radical (unpaired) electrons. The van der Waals surface area contributed by atoms with Gasteiger partial charge in [0, 0.05) is 6.08 Å². The van der Waals surface area contributed by atoms with Crippen LogP contribution in [0, 0.1) is 5.92 Å². The minimum absolute atomic E-state index is 0.179. The van der Waals surface area contributed by atoms with Gasteiger partial charge in [-0.15, -0.1) is 0 Å². The molecule has 5 nitrogen and oxygen atoms in total. The number of carboxylic acids is 1. The van der Waals surface area contributed by atoms with Crippen molar-refractivity contribution in [1.29, 1.82) is 0 Å². The van der Waals surface area contributed by atoms with Crippen LogP contribution in [0.4, 0.5) is 0 Å². The van der Waals surface area contributed by atoms with Crippen LogP contribution in [-0.2, 0) is 16.2 Å². The van der Waals surface area contributed by atoms with Gasteiger partial charge in [-0.1, -0.05) is 56.3 Å². The molecule has 1 atom stereocenters. The SMILES string of the molecule is CC(C)CC(NC(=O)/C=C/c1ccc(OCc2ccccc2)cc1)C(=O)O. The van der Waals surface area contributed by atoms with Gasteiger partial charge in [-0.2, -0.15) is 0 Å². The molecule has 0 bridgehead atoms. The summed E-state index contributed by atoms with van der Waals surface area (Å²) < 4.78 is 5.72. The maximum Gasteiger partial charge on any atom is 0.326 e. The third-order valence-corrected chi connectivity index (χ3v) is 3.88. The molecule has 5 heteroatoms. The van der Waals surface area contributed by atoms with E-state index in [4.69, 9.17) is 9.84 Å². The first-order valence-corrected chi connectivity index (χ1v) is 8.92. The predicted octanol–water partition coefficient (Wildman–Crippen LogP) is 3.89. The van der Waals surface area contributed by atoms with Crippen LogP contribution >= 0.6 is 0 Å². The van der Waals surface area contributed by atoms with Crippen LogP contribution in [0.15, 0.2) is 60.7 Å². The molecule has 0 saturated heterocycles. The lowest BCUT2D eigenvalue weighted by Crippen LogP contribution is -2.40. The average molecular weight is 367 g/mol. The molecule has 2 rings (SSSR count). The number of ether oxygens (including phenoxy) is 1. The zero-order chi connectivity index (χ0) is 19.6. The van der Waals surface area contributed by atoms with Crippen molar-refractivity contribution in [3.63, 3.8) is 0 Å². The Hall–Kier alpha value is -3.08. The lowest BCUT2D eigenvalue weighted by molar-refractivity contribution is -0.141. The number of hydrogen-bond acceptors (Lipinski definition) is 3. The minimum atomic E-state index is -1.02. The van der Waals surface area contributed by atoms with Gasteiger partial charge in [0.25, 0.3) is 0 Å². The fourth-order valence-corrected chi connectivity index (χ4v) is 2.50. The van der Waals surface area contributed by atoms with E-state index >= 15 is 0 Å². The monoisotopic (exact) mass is 367 g/mol. The first-order valence-electron chi connectivity index (χ1n) is 8.92. The Morgan fingerprint density at radius 3 is 2.33 bits per heavy atom. The molecule has 2 aromatic rings. The highest BCUT2D eigenvalue weighted by atomic mass is 16.5. The summed E-state index contributed by atoms with van der Waals surface area (Å²) in [7, 11) is 0. The van der Waals surface area contributed by atoms with Crippen molar-refractivity contribution in [2.75, 3.05) is 0 Å². The van der Waals surface area contributed by atoms with E-state index in [0.717, 1.165) is 16.9 Å². The van der Waals surface area contributed by atoms with Gasteiger partial charge in [0.15, 0.2) is 0 Å². The van der Waals surface area contributed by atoms with E-state index in [0.29, 0.717) is 13.0 Å². The topological polar surface area (TPSA) is 75.6 Å². The van der Waals surface area contributed by atoms with Crippen molar-refractivity contribution in [2.45, 2.75) is 32.9 Å². The number of amides is 1. The average Bonchev–Trinajstić information content (AvgIpc) is 2.65. The summed E-state index contributed by atoms with van der Waals surface area (Å²) in [6.07, 6.45) is 3.38. The number of carbonyl (C=O) groups excluding carboxylic acids is 1. The van der Waals surface area contributed by atoms with E-state index in [1.807, 2.05) is 68.4 Å². The van der Waals surface area contributed by atoms with Crippen LogP contribution in [-0.4, -0.2) is 23.0 Å². The number of carboxylic acid groups (broad SMARTS) is 1. The lowest BCUT2D eigenvalue weighted by atomic mass is 10.0. The highest BCUT2D eigenvalue weighted by Gasteiger charge is 2.19. The largest absolute Gasteiger partial charge is 0.489 e. The molecule has 0 heterocycles. The lowest BCUT2D eigenvalue weighted by Gasteiger charge is -2.15. The van der Waals surface area contributed by atoms with Crippen LogP contribution in [0.5, 0.6) is 5.75 Å². The van der Waals surface area contributed by atoms with E-state index in [-0.39, 0.29) is 5.92 Å². The molecule has 0 aliphatic carbocycles. The van der Waals surface area contributed by atoms with Crippen LogP contribution in [0.25, 0.3) is 6.08 Å². The first-order chi connectivity index (χ1) is 12.9. The van der Waals surface area contributed by atoms with Crippen molar-refractivity contribution in [3.05, 3.63) is 71.8 Å². The molecule has 2 N–H and O–H groups in total. The van der Waals surface area contributed by atoms with E-state index < -0.39 is 17.9 Å². The van der Waals surface area contributed by atoms with Gasteiger partial charge >= 0.3 is 5.97 Å². The third-order valence-electron chi connectivity index (χ3n) is 3.88. The highest BCUT2D eigenvalue weighted by molar-refractivity contribution is 5.94. The summed E-state index contributed by atoms with van der Waals surface area (Å²) in [5.41, 5.74) is 1.92. The Labute approximate surface area is 159 Å². The Kier molecular flexibility index (Phi) is 7.62. The molecule has 0 aliphatic rings. The number of nitrogens with one attached hydrogen (secondary N) is 1. The molecule has 0 spiro atoms. The quantitative estimate of drug-likeness (QED) is 0.659. The van der Waals surface area contributed by atoms with E-state index in [1.165, 1.54) is 6.08 Å². The van der Waals surface area contributed by atoms with Gasteiger partial charge in [-0.3, -0.25) is 4.79 Å². The molecule has 1 amide bonds. The van der Waals surface area contributed by atoms with Crippen LogP contribution in [0.2, 0.25) is 0 Å². The maximum atomic E-state index is 12.0. The molecular formula is C22H25NO4. The van der Waals surface area contributed by atoms with Crippen molar-refractivity contribution in [1.82, 2.24) is 5.32 Å². The normalized spacial score (nSPS) is 12.1. The van der Waals surface area contributed by atoms with E-state index in [9.17, 15) is 9.59 Å². The Balaban J connectivity index is 1.87. The number of hydrogen-bond donors (Lipinski definition) is 2. The fraction of sp³-hybridized carbons (Fsp3) is 0.273. The number of aliphatic carboxylic acids is 1. The van der Waals surface area contributed by atoms with E-state index in [2.05, 4.69) is 5.32 Å². The second kappa shape index (κ2) is 10.2. The molecule has 0 aromatic heterocycles. The maximum absolute atomic E-state index is 12.0. The molecule has 0 fully saturated rings. The fourth-order valence-electron chi connectivity index (χ4n) is 2.50. The number of carbonyl (C=O) groups is 2. The first kappa shape index (κ1) is 20.2. The second-order valence-corrected chi connectivity index (χ2v) is 6.71. The molecule has 142 valence electrons. The van der Waals surface area contributed by atoms with Crippen LogP contribution in [0.1, 0.15) is 31.4 Å². The minimum Gasteiger partial charge on any atom is -0.489 e. The van der Waals surface area contributed by atoms with Crippen LogP contribution in [0.3, 0.4) is 0 Å². The Morgan fingerprint density at radius 2 is 1.74 bits per heavy atom. The summed E-state index contributed by atoms with van der Waals surface area (Å²) >= 11 is 0. The third kappa shape index (κ3) is 7.36. The smallest absolute Gasteiger partial charge is 0.326 e. The molecule has 27 heavy (non-hydrogen) atoms. The zero-order valence-electron chi connectivity index (χ0n) is 15.6. The molecular weight excluding hydrogens is 342 g/mol. The van der Waals surface area contributed by atoms with Crippen LogP contribution < -0.4 is 10.1 Å². The highest BCUT2D eigenvalue weighted by Crippen LogP contribution is 2.15. The standard InChI is InChI=1S/C22H25NO4/c1-16(2)14-20(22(25)26)23-21(24)13-10-17-8-11-19(12-9-17)27-15-18-6-4-3-5-7-18/h3-13,16,20H,14-15H2,1-2H3,(H,23,24)(H,25,26)/b13-10+. The number of rotatable bonds is 9. The summed E-state index contributed by atoms with van der Waals surface area (Å²) in [4.78, 5) is 23.1. The Bertz CT molecular complexity index is 767. The molecule has 0 saturated carbocycles. The molecule has 1 unspecified atom stereocenters. The van der Waals surface area contributed by atoms with Gasteiger partial charge in [0.05, 0.1) is 0 Å². The van der Waals surface area contributed by atoms with E-state index in [1.54, 1.807) is 6.08 Å².